The summed E-state index contributed by atoms with van der Waals surface area (Å²) in [6, 6.07) is 7.86. The van der Waals surface area contributed by atoms with Crippen molar-refractivity contribution in [1.82, 2.24) is 20.2 Å². The molecule has 0 aliphatic heterocycles. The van der Waals surface area contributed by atoms with Crippen LogP contribution in [0.3, 0.4) is 0 Å². The van der Waals surface area contributed by atoms with Gasteiger partial charge in [0.05, 0.1) is 12.7 Å². The molecule has 3 rings (SSSR count). The molecule has 2 aromatic heterocycles. The highest BCUT2D eigenvalue weighted by Crippen LogP contribution is 2.16. The van der Waals surface area contributed by atoms with Gasteiger partial charge in [0, 0.05) is 7.05 Å². The summed E-state index contributed by atoms with van der Waals surface area (Å²) in [5.74, 6) is 1.34. The van der Waals surface area contributed by atoms with Gasteiger partial charge in [-0.15, -0.1) is 0 Å². The lowest BCUT2D eigenvalue weighted by molar-refractivity contribution is 0.323. The van der Waals surface area contributed by atoms with Gasteiger partial charge in [-0.05, 0) is 18.6 Å². The van der Waals surface area contributed by atoms with Gasteiger partial charge in [-0.2, -0.15) is 10.1 Å². The minimum absolute atomic E-state index is 0.208. The predicted octanol–water partition coefficient (Wildman–Crippen LogP) is 1.47. The Morgan fingerprint density at radius 2 is 2.14 bits per heavy atom. The molecule has 0 radical (unpaired) electrons. The first-order valence-corrected chi connectivity index (χ1v) is 6.98. The summed E-state index contributed by atoms with van der Waals surface area (Å²) in [5.41, 5.74) is 1.36. The smallest absolute Gasteiger partial charge is 0.263 e. The summed E-state index contributed by atoms with van der Waals surface area (Å²) in [4.78, 5) is 20.8. The van der Waals surface area contributed by atoms with Crippen LogP contribution in [0.25, 0.3) is 11.0 Å². The van der Waals surface area contributed by atoms with E-state index < -0.39 is 0 Å². The molecule has 3 aromatic rings. The number of nitrogens with zero attached hydrogens (tertiary/aromatic N) is 3. The summed E-state index contributed by atoms with van der Waals surface area (Å²) in [6.07, 6.45) is 1.46. The van der Waals surface area contributed by atoms with Crippen LogP contribution in [0.5, 0.6) is 5.75 Å². The number of benzene rings is 1. The van der Waals surface area contributed by atoms with Crippen molar-refractivity contribution >= 4 is 17.0 Å². The average molecular weight is 299 g/mol. The molecule has 0 amide bonds. The summed E-state index contributed by atoms with van der Waals surface area (Å²) >= 11 is 0. The number of fused-ring (bicyclic) bond motifs is 1. The Morgan fingerprint density at radius 1 is 1.32 bits per heavy atom. The SMILES string of the molecule is Cc1ccccc1OCCN(C)c1nc2[nH]ncc2c(=O)[nH]1. The first-order chi connectivity index (χ1) is 10.6. The highest BCUT2D eigenvalue weighted by Gasteiger charge is 2.09. The van der Waals surface area contributed by atoms with Crippen LogP contribution < -0.4 is 15.2 Å². The van der Waals surface area contributed by atoms with Crippen molar-refractivity contribution in [3.05, 3.63) is 46.4 Å². The van der Waals surface area contributed by atoms with Crippen molar-refractivity contribution in [3.8, 4) is 5.75 Å². The second-order valence-electron chi connectivity index (χ2n) is 5.06. The number of hydrogen-bond donors (Lipinski definition) is 2. The van der Waals surface area contributed by atoms with Gasteiger partial charge in [0.15, 0.2) is 5.65 Å². The molecule has 0 saturated heterocycles. The molecule has 1 aromatic carbocycles. The number of rotatable bonds is 5. The lowest BCUT2D eigenvalue weighted by Crippen LogP contribution is -2.27. The number of anilines is 1. The summed E-state index contributed by atoms with van der Waals surface area (Å²) in [7, 11) is 1.85. The molecule has 0 saturated carbocycles. The number of ether oxygens (including phenoxy) is 1. The molecule has 0 unspecified atom stereocenters. The van der Waals surface area contributed by atoms with Crippen molar-refractivity contribution < 1.29 is 4.74 Å². The third-order valence-electron chi connectivity index (χ3n) is 3.45. The summed E-state index contributed by atoms with van der Waals surface area (Å²) < 4.78 is 5.75. The highest BCUT2D eigenvalue weighted by atomic mass is 16.5. The predicted molar refractivity (Wildman–Crippen MR) is 84.5 cm³/mol. The van der Waals surface area contributed by atoms with Crippen LogP contribution in [-0.4, -0.2) is 40.4 Å². The number of H-pyrrole nitrogens is 2. The van der Waals surface area contributed by atoms with Crippen LogP contribution in [0.1, 0.15) is 5.56 Å². The molecule has 0 spiro atoms. The first-order valence-electron chi connectivity index (χ1n) is 6.98. The quantitative estimate of drug-likeness (QED) is 0.745. The van der Waals surface area contributed by atoms with Crippen LogP contribution in [0, 0.1) is 6.92 Å². The van der Waals surface area contributed by atoms with E-state index in [0.717, 1.165) is 11.3 Å². The summed E-state index contributed by atoms with van der Waals surface area (Å²) in [5, 5.41) is 6.98. The monoisotopic (exact) mass is 299 g/mol. The molecule has 7 heteroatoms. The minimum Gasteiger partial charge on any atom is -0.491 e. The Hall–Kier alpha value is -2.83. The number of aromatic amines is 2. The molecule has 2 N–H and O–H groups in total. The van der Waals surface area contributed by atoms with Crippen LogP contribution in [0.15, 0.2) is 35.3 Å². The topological polar surface area (TPSA) is 86.9 Å². The van der Waals surface area contributed by atoms with Gasteiger partial charge < -0.3 is 9.64 Å². The molecule has 0 aliphatic carbocycles. The van der Waals surface area contributed by atoms with Crippen LogP contribution in [-0.2, 0) is 0 Å². The van der Waals surface area contributed by atoms with Crippen molar-refractivity contribution in [3.63, 3.8) is 0 Å². The lowest BCUT2D eigenvalue weighted by Gasteiger charge is -2.18. The first kappa shape index (κ1) is 14.1. The molecule has 0 atom stereocenters. The van der Waals surface area contributed by atoms with Crippen molar-refractivity contribution in [1.29, 1.82) is 0 Å². The van der Waals surface area contributed by atoms with Crippen LogP contribution in [0.4, 0.5) is 5.95 Å². The molecule has 22 heavy (non-hydrogen) atoms. The second kappa shape index (κ2) is 5.88. The van der Waals surface area contributed by atoms with Gasteiger partial charge in [0.1, 0.15) is 17.7 Å². The third-order valence-corrected chi connectivity index (χ3v) is 3.45. The fourth-order valence-electron chi connectivity index (χ4n) is 2.13. The highest BCUT2D eigenvalue weighted by molar-refractivity contribution is 5.73. The average Bonchev–Trinajstić information content (AvgIpc) is 2.98. The lowest BCUT2D eigenvalue weighted by atomic mass is 10.2. The maximum atomic E-state index is 11.9. The fraction of sp³-hybridized carbons (Fsp3) is 0.267. The van der Waals surface area contributed by atoms with Gasteiger partial charge in [-0.1, -0.05) is 18.2 Å². The Balaban J connectivity index is 1.67. The van der Waals surface area contributed by atoms with E-state index in [4.69, 9.17) is 4.74 Å². The molecule has 2 heterocycles. The fourth-order valence-corrected chi connectivity index (χ4v) is 2.13. The normalized spacial score (nSPS) is 10.8. The Labute approximate surface area is 127 Å². The number of likely N-dealkylation sites (N-methyl/N-ethyl adjacent to an activating group) is 1. The number of nitrogens with one attached hydrogen (secondary N) is 2. The van der Waals surface area contributed by atoms with Gasteiger partial charge >= 0.3 is 0 Å². The van der Waals surface area contributed by atoms with Crippen molar-refractivity contribution in [2.45, 2.75) is 6.92 Å². The zero-order valence-corrected chi connectivity index (χ0v) is 12.5. The number of para-hydroxylation sites is 1. The van der Waals surface area contributed by atoms with Gasteiger partial charge in [0.25, 0.3) is 5.56 Å². The number of aryl methyl sites for hydroxylation is 1. The maximum Gasteiger partial charge on any atom is 0.263 e. The van der Waals surface area contributed by atoms with Gasteiger partial charge in [0.2, 0.25) is 5.95 Å². The molecule has 114 valence electrons. The third kappa shape index (κ3) is 2.78. The molecule has 7 nitrogen and oxygen atoms in total. The van der Waals surface area contributed by atoms with Crippen molar-refractivity contribution in [2.24, 2.45) is 0 Å². The number of hydrogen-bond acceptors (Lipinski definition) is 5. The van der Waals surface area contributed by atoms with E-state index in [1.165, 1.54) is 6.20 Å². The van der Waals surface area contributed by atoms with Crippen LogP contribution in [0.2, 0.25) is 0 Å². The molecule has 0 bridgehead atoms. The van der Waals surface area contributed by atoms with E-state index in [1.54, 1.807) is 0 Å². The molecular formula is C15H17N5O2. The van der Waals surface area contributed by atoms with E-state index in [9.17, 15) is 4.79 Å². The molecular weight excluding hydrogens is 282 g/mol. The minimum atomic E-state index is -0.208. The zero-order valence-electron chi connectivity index (χ0n) is 12.5. The standard InChI is InChI=1S/C15H17N5O2/c1-10-5-3-4-6-12(10)22-8-7-20(2)15-17-13-11(9-16-19-13)14(21)18-15/h3-6,9H,7-8H2,1-2H3,(H2,16,17,18,19,21). The Kier molecular flexibility index (Phi) is 3.78. The Bertz CT molecular complexity index is 839. The van der Waals surface area contributed by atoms with Gasteiger partial charge in [-0.25, -0.2) is 0 Å². The van der Waals surface area contributed by atoms with E-state index in [0.29, 0.717) is 30.1 Å². The second-order valence-corrected chi connectivity index (χ2v) is 5.06. The number of aromatic nitrogens is 4. The van der Waals surface area contributed by atoms with Crippen LogP contribution >= 0.6 is 0 Å². The maximum absolute atomic E-state index is 11.9. The summed E-state index contributed by atoms with van der Waals surface area (Å²) in [6.45, 7) is 3.09. The van der Waals surface area contributed by atoms with E-state index >= 15 is 0 Å². The molecule has 0 aliphatic rings. The molecule has 0 fully saturated rings. The van der Waals surface area contributed by atoms with Gasteiger partial charge in [-0.3, -0.25) is 14.9 Å². The van der Waals surface area contributed by atoms with E-state index in [-0.39, 0.29) is 5.56 Å². The largest absolute Gasteiger partial charge is 0.491 e. The van der Waals surface area contributed by atoms with E-state index in [1.807, 2.05) is 43.1 Å². The Morgan fingerprint density at radius 3 is 2.95 bits per heavy atom. The van der Waals surface area contributed by atoms with Crippen molar-refractivity contribution in [2.75, 3.05) is 25.1 Å². The zero-order chi connectivity index (χ0) is 15.5. The van der Waals surface area contributed by atoms with E-state index in [2.05, 4.69) is 20.2 Å².